The first-order valence-electron chi connectivity index (χ1n) is 8.15. The molecule has 1 unspecified atom stereocenters. The standard InChI is InChI=1S/C17H16N4O4S2/c1-26-9-15-18-19-17(25-15)27-10-16(22)21-12(14-5-3-7-24-14)8-11(20-21)13-4-2-6-23-13/h2-7,12H,8-10H2,1H3. The van der Waals surface area contributed by atoms with Gasteiger partial charge in [0.2, 0.25) is 5.89 Å². The molecule has 0 spiro atoms. The minimum absolute atomic E-state index is 0.132. The van der Waals surface area contributed by atoms with Crippen molar-refractivity contribution < 1.29 is 18.0 Å². The molecular weight excluding hydrogens is 388 g/mol. The number of carbonyl (C=O) groups excluding carboxylic acids is 1. The van der Waals surface area contributed by atoms with Crippen LogP contribution >= 0.6 is 23.5 Å². The van der Waals surface area contributed by atoms with E-state index >= 15 is 0 Å². The molecule has 0 N–H and O–H groups in total. The van der Waals surface area contributed by atoms with Gasteiger partial charge in [0, 0.05) is 6.42 Å². The summed E-state index contributed by atoms with van der Waals surface area (Å²) in [4.78, 5) is 12.8. The van der Waals surface area contributed by atoms with Gasteiger partial charge < -0.3 is 13.3 Å². The number of aromatic nitrogens is 2. The van der Waals surface area contributed by atoms with Crippen molar-refractivity contribution >= 4 is 35.1 Å². The third-order valence-corrected chi connectivity index (χ3v) is 5.22. The van der Waals surface area contributed by atoms with E-state index in [0.717, 1.165) is 0 Å². The quantitative estimate of drug-likeness (QED) is 0.551. The van der Waals surface area contributed by atoms with E-state index in [1.54, 1.807) is 36.4 Å². The molecule has 3 aromatic heterocycles. The van der Waals surface area contributed by atoms with E-state index in [4.69, 9.17) is 13.3 Å². The summed E-state index contributed by atoms with van der Waals surface area (Å²) >= 11 is 2.79. The van der Waals surface area contributed by atoms with Gasteiger partial charge in [0.05, 0.1) is 24.0 Å². The van der Waals surface area contributed by atoms with Gasteiger partial charge in [0.15, 0.2) is 0 Å². The zero-order valence-electron chi connectivity index (χ0n) is 14.4. The number of hydrogen-bond donors (Lipinski definition) is 0. The average Bonchev–Trinajstić information content (AvgIpc) is 3.47. The number of furan rings is 2. The van der Waals surface area contributed by atoms with Crippen molar-refractivity contribution in [1.29, 1.82) is 0 Å². The molecule has 4 rings (SSSR count). The van der Waals surface area contributed by atoms with Crippen LogP contribution in [0.2, 0.25) is 0 Å². The van der Waals surface area contributed by atoms with Crippen molar-refractivity contribution in [3.05, 3.63) is 54.2 Å². The molecule has 140 valence electrons. The molecule has 3 aromatic rings. The largest absolute Gasteiger partial charge is 0.467 e. The Labute approximate surface area is 163 Å². The summed E-state index contributed by atoms with van der Waals surface area (Å²) in [6.07, 6.45) is 5.65. The number of hydrazone groups is 1. The minimum Gasteiger partial charge on any atom is -0.467 e. The summed E-state index contributed by atoms with van der Waals surface area (Å²) in [7, 11) is 0. The fourth-order valence-electron chi connectivity index (χ4n) is 2.70. The maximum Gasteiger partial charge on any atom is 0.277 e. The molecule has 0 saturated heterocycles. The van der Waals surface area contributed by atoms with Gasteiger partial charge in [-0.1, -0.05) is 11.8 Å². The van der Waals surface area contributed by atoms with Crippen molar-refractivity contribution in [2.45, 2.75) is 23.4 Å². The smallest absolute Gasteiger partial charge is 0.277 e. The van der Waals surface area contributed by atoms with Crippen LogP contribution < -0.4 is 0 Å². The summed E-state index contributed by atoms with van der Waals surface area (Å²) in [5.41, 5.74) is 0.708. The van der Waals surface area contributed by atoms with E-state index in [2.05, 4.69) is 15.3 Å². The van der Waals surface area contributed by atoms with Gasteiger partial charge in [0.1, 0.15) is 23.3 Å². The Morgan fingerprint density at radius 1 is 1.26 bits per heavy atom. The second kappa shape index (κ2) is 8.05. The first-order chi connectivity index (χ1) is 13.2. The zero-order chi connectivity index (χ0) is 18.6. The second-order valence-corrected chi connectivity index (χ2v) is 7.47. The Morgan fingerprint density at radius 2 is 2.11 bits per heavy atom. The first kappa shape index (κ1) is 17.9. The summed E-state index contributed by atoms with van der Waals surface area (Å²) < 4.78 is 16.4. The SMILES string of the molecule is CSCc1nnc(SCC(=O)N2N=C(c3ccco3)CC2c2ccco2)o1. The van der Waals surface area contributed by atoms with Crippen LogP contribution in [-0.4, -0.2) is 38.8 Å². The van der Waals surface area contributed by atoms with Gasteiger partial charge in [-0.05, 0) is 30.5 Å². The number of carbonyl (C=O) groups is 1. The molecule has 1 amide bonds. The molecule has 10 heteroatoms. The van der Waals surface area contributed by atoms with Gasteiger partial charge in [-0.15, -0.1) is 10.2 Å². The zero-order valence-corrected chi connectivity index (χ0v) is 16.0. The van der Waals surface area contributed by atoms with Crippen LogP contribution in [0.5, 0.6) is 0 Å². The molecule has 0 radical (unpaired) electrons. The molecule has 1 atom stereocenters. The lowest BCUT2D eigenvalue weighted by atomic mass is 10.1. The summed E-state index contributed by atoms with van der Waals surface area (Å²) in [5, 5.41) is 14.2. The fraction of sp³-hybridized carbons (Fsp3) is 0.294. The predicted molar refractivity (Wildman–Crippen MR) is 100 cm³/mol. The number of hydrogen-bond acceptors (Lipinski definition) is 9. The molecule has 8 nitrogen and oxygen atoms in total. The topological polar surface area (TPSA) is 97.9 Å². The Balaban J connectivity index is 1.48. The molecule has 27 heavy (non-hydrogen) atoms. The van der Waals surface area contributed by atoms with Crippen LogP contribution in [0.15, 0.2) is 60.4 Å². The Kier molecular flexibility index (Phi) is 5.35. The van der Waals surface area contributed by atoms with Crippen LogP contribution in [0.3, 0.4) is 0 Å². The molecule has 0 bridgehead atoms. The normalized spacial score (nSPS) is 16.7. The lowest BCUT2D eigenvalue weighted by molar-refractivity contribution is -0.130. The van der Waals surface area contributed by atoms with Crippen LogP contribution in [0.1, 0.15) is 29.9 Å². The molecule has 0 fully saturated rings. The van der Waals surface area contributed by atoms with Crippen molar-refractivity contribution in [2.24, 2.45) is 5.10 Å². The number of nitrogens with zero attached hydrogens (tertiary/aromatic N) is 4. The molecule has 1 aliphatic rings. The lowest BCUT2D eigenvalue weighted by Crippen LogP contribution is -2.28. The Hall–Kier alpha value is -2.46. The number of rotatable bonds is 7. The Bertz CT molecular complexity index is 921. The highest BCUT2D eigenvalue weighted by Crippen LogP contribution is 2.34. The van der Waals surface area contributed by atoms with Crippen LogP contribution in [0.4, 0.5) is 0 Å². The third kappa shape index (κ3) is 3.96. The fourth-order valence-corrected chi connectivity index (χ4v) is 3.70. The average molecular weight is 404 g/mol. The van der Waals surface area contributed by atoms with Gasteiger partial charge >= 0.3 is 0 Å². The van der Waals surface area contributed by atoms with Gasteiger partial charge in [0.25, 0.3) is 11.1 Å². The van der Waals surface area contributed by atoms with Crippen LogP contribution in [0.25, 0.3) is 0 Å². The van der Waals surface area contributed by atoms with E-state index in [9.17, 15) is 4.79 Å². The highest BCUT2D eigenvalue weighted by molar-refractivity contribution is 7.99. The molecule has 0 aliphatic carbocycles. The van der Waals surface area contributed by atoms with E-state index in [0.29, 0.717) is 40.5 Å². The molecule has 0 saturated carbocycles. The van der Waals surface area contributed by atoms with Crippen molar-refractivity contribution in [2.75, 3.05) is 12.0 Å². The first-order valence-corrected chi connectivity index (χ1v) is 10.5. The van der Waals surface area contributed by atoms with Crippen LogP contribution in [-0.2, 0) is 10.5 Å². The summed E-state index contributed by atoms with van der Waals surface area (Å²) in [5.74, 6) is 2.47. The lowest BCUT2D eigenvalue weighted by Gasteiger charge is -2.19. The maximum atomic E-state index is 12.8. The van der Waals surface area contributed by atoms with Crippen LogP contribution in [0, 0.1) is 0 Å². The monoisotopic (exact) mass is 404 g/mol. The van der Waals surface area contributed by atoms with Crippen molar-refractivity contribution in [3.63, 3.8) is 0 Å². The Morgan fingerprint density at radius 3 is 2.85 bits per heavy atom. The van der Waals surface area contributed by atoms with Gasteiger partial charge in [-0.2, -0.15) is 16.9 Å². The predicted octanol–water partition coefficient (Wildman–Crippen LogP) is 3.59. The van der Waals surface area contributed by atoms with E-state index in [-0.39, 0.29) is 17.7 Å². The van der Waals surface area contributed by atoms with Gasteiger partial charge in [-0.3, -0.25) is 4.79 Å². The highest BCUT2D eigenvalue weighted by atomic mass is 32.2. The second-order valence-electron chi connectivity index (χ2n) is 5.68. The van der Waals surface area contributed by atoms with Crippen molar-refractivity contribution in [3.8, 4) is 0 Å². The summed E-state index contributed by atoms with van der Waals surface area (Å²) in [6, 6.07) is 6.95. The molecule has 0 aromatic carbocycles. The molecular formula is C17H16N4O4S2. The van der Waals surface area contributed by atoms with E-state index < -0.39 is 0 Å². The third-order valence-electron chi connectivity index (χ3n) is 3.88. The molecule has 4 heterocycles. The maximum absolute atomic E-state index is 12.8. The van der Waals surface area contributed by atoms with E-state index in [1.807, 2.05) is 18.4 Å². The highest BCUT2D eigenvalue weighted by Gasteiger charge is 2.35. The minimum atomic E-state index is -0.303. The van der Waals surface area contributed by atoms with Gasteiger partial charge in [-0.25, -0.2) is 5.01 Å². The molecule has 1 aliphatic heterocycles. The van der Waals surface area contributed by atoms with E-state index in [1.165, 1.54) is 16.8 Å². The number of thioether (sulfide) groups is 2. The van der Waals surface area contributed by atoms with Crippen molar-refractivity contribution in [1.82, 2.24) is 15.2 Å². The number of amides is 1. The summed E-state index contributed by atoms with van der Waals surface area (Å²) in [6.45, 7) is 0.